The fraction of sp³-hybridized carbons (Fsp3) is 0.294. The Morgan fingerprint density at radius 1 is 0.935 bits per heavy atom. The summed E-state index contributed by atoms with van der Waals surface area (Å²) in [6.07, 6.45) is -8.12. The monoisotopic (exact) mass is 465 g/mol. The summed E-state index contributed by atoms with van der Waals surface area (Å²) in [6, 6.07) is 1.92. The minimum absolute atomic E-state index is 0.164. The third-order valence-electron chi connectivity index (χ3n) is 4.30. The summed E-state index contributed by atoms with van der Waals surface area (Å²) in [5.41, 5.74) is -2.90. The quantitative estimate of drug-likeness (QED) is 0.545. The average Bonchev–Trinajstić information content (AvgIpc) is 3.07. The van der Waals surface area contributed by atoms with Crippen molar-refractivity contribution in [2.75, 3.05) is 5.75 Å². The Bertz CT molecular complexity index is 1230. The topological polar surface area (TPSA) is 90.6 Å². The molecule has 0 atom stereocenters. The van der Waals surface area contributed by atoms with Crippen LogP contribution in [0.3, 0.4) is 0 Å². The molecule has 0 spiro atoms. The number of rotatable bonds is 4. The van der Waals surface area contributed by atoms with E-state index in [9.17, 15) is 34.8 Å². The van der Waals surface area contributed by atoms with Crippen molar-refractivity contribution in [2.24, 2.45) is 7.05 Å². The van der Waals surface area contributed by atoms with Crippen LogP contribution in [0.2, 0.25) is 0 Å². The fourth-order valence-corrected chi connectivity index (χ4v) is 3.70. The van der Waals surface area contributed by atoms with Crippen LogP contribution in [0.5, 0.6) is 0 Å². The molecule has 0 radical (unpaired) electrons. The highest BCUT2D eigenvalue weighted by Gasteiger charge is 2.35. The first-order valence-corrected chi connectivity index (χ1v) is 10.1. The smallest absolute Gasteiger partial charge is 0.307 e. The van der Waals surface area contributed by atoms with Crippen LogP contribution in [0.25, 0.3) is 23.0 Å². The number of alkyl halides is 6. The molecule has 3 rings (SSSR count). The van der Waals surface area contributed by atoms with E-state index in [2.05, 4.69) is 20.2 Å². The molecular weight excluding hydrogens is 452 g/mol. The minimum Gasteiger partial charge on any atom is -0.307 e. The molecular formula is C17H13F6N5O2S. The SMILES string of the molecule is CCS(=O)(=O)c1cc(C(F)(F)F)cnc1-c1nnc(-c2cc(C(F)(F)F)ccn2)n1C. The summed E-state index contributed by atoms with van der Waals surface area (Å²) < 4.78 is 104. The van der Waals surface area contributed by atoms with E-state index in [1.165, 1.54) is 14.0 Å². The zero-order chi connectivity index (χ0) is 23.2. The second-order valence-electron chi connectivity index (χ2n) is 6.31. The normalized spacial score (nSPS) is 12.9. The van der Waals surface area contributed by atoms with E-state index in [-0.39, 0.29) is 17.3 Å². The lowest BCUT2D eigenvalue weighted by Crippen LogP contribution is -2.13. The largest absolute Gasteiger partial charge is 0.417 e. The molecule has 0 aliphatic carbocycles. The van der Waals surface area contributed by atoms with Gasteiger partial charge in [-0.05, 0) is 18.2 Å². The van der Waals surface area contributed by atoms with Crippen LogP contribution in [-0.2, 0) is 29.2 Å². The van der Waals surface area contributed by atoms with Crippen LogP contribution in [-0.4, -0.2) is 38.9 Å². The van der Waals surface area contributed by atoms with Gasteiger partial charge in [-0.2, -0.15) is 26.3 Å². The van der Waals surface area contributed by atoms with Crippen molar-refractivity contribution in [2.45, 2.75) is 24.2 Å². The lowest BCUT2D eigenvalue weighted by Gasteiger charge is -2.12. The third kappa shape index (κ3) is 4.38. The van der Waals surface area contributed by atoms with Crippen molar-refractivity contribution in [1.82, 2.24) is 24.7 Å². The Balaban J connectivity index is 2.19. The summed E-state index contributed by atoms with van der Waals surface area (Å²) in [6.45, 7) is 1.24. The van der Waals surface area contributed by atoms with Crippen molar-refractivity contribution in [3.8, 4) is 23.0 Å². The molecule has 31 heavy (non-hydrogen) atoms. The lowest BCUT2D eigenvalue weighted by atomic mass is 10.2. The molecule has 0 saturated carbocycles. The molecule has 0 unspecified atom stereocenters. The molecule has 0 amide bonds. The molecule has 3 aromatic rings. The van der Waals surface area contributed by atoms with Crippen molar-refractivity contribution in [1.29, 1.82) is 0 Å². The number of sulfone groups is 1. The Hall–Kier alpha value is -3.03. The molecule has 3 heterocycles. The Morgan fingerprint density at radius 2 is 1.55 bits per heavy atom. The minimum atomic E-state index is -4.84. The van der Waals surface area contributed by atoms with Crippen LogP contribution in [0.1, 0.15) is 18.1 Å². The van der Waals surface area contributed by atoms with Gasteiger partial charge in [0.15, 0.2) is 21.5 Å². The Labute approximate surface area is 171 Å². The Morgan fingerprint density at radius 3 is 2.13 bits per heavy atom. The van der Waals surface area contributed by atoms with E-state index in [1.807, 2.05) is 0 Å². The van der Waals surface area contributed by atoms with Crippen LogP contribution in [0.4, 0.5) is 26.3 Å². The van der Waals surface area contributed by atoms with Crippen LogP contribution >= 0.6 is 0 Å². The average molecular weight is 465 g/mol. The summed E-state index contributed by atoms with van der Waals surface area (Å²) >= 11 is 0. The summed E-state index contributed by atoms with van der Waals surface area (Å²) in [4.78, 5) is 6.73. The van der Waals surface area contributed by atoms with Crippen LogP contribution in [0.15, 0.2) is 35.5 Å². The summed E-state index contributed by atoms with van der Waals surface area (Å²) in [5.74, 6) is -0.930. The molecule has 0 aliphatic heterocycles. The zero-order valence-corrected chi connectivity index (χ0v) is 16.6. The number of nitrogens with zero attached hydrogens (tertiary/aromatic N) is 5. The molecule has 0 aromatic carbocycles. The van der Waals surface area contributed by atoms with Gasteiger partial charge in [0.25, 0.3) is 0 Å². The van der Waals surface area contributed by atoms with E-state index in [4.69, 9.17) is 0 Å². The van der Waals surface area contributed by atoms with E-state index in [1.54, 1.807) is 0 Å². The van der Waals surface area contributed by atoms with Gasteiger partial charge < -0.3 is 4.57 Å². The molecule has 166 valence electrons. The maximum Gasteiger partial charge on any atom is 0.417 e. The number of aromatic nitrogens is 5. The van der Waals surface area contributed by atoms with Gasteiger partial charge in [0.1, 0.15) is 11.4 Å². The molecule has 14 heteroatoms. The first-order valence-electron chi connectivity index (χ1n) is 8.49. The van der Waals surface area contributed by atoms with Gasteiger partial charge in [-0.3, -0.25) is 9.97 Å². The van der Waals surface area contributed by atoms with E-state index in [0.717, 1.165) is 22.9 Å². The highest BCUT2D eigenvalue weighted by atomic mass is 32.2. The highest BCUT2D eigenvalue weighted by Crippen LogP contribution is 2.35. The van der Waals surface area contributed by atoms with Gasteiger partial charge in [0.05, 0.1) is 21.8 Å². The molecule has 0 N–H and O–H groups in total. The molecule has 0 aliphatic rings. The maximum atomic E-state index is 13.1. The predicted octanol–water partition coefficient (Wildman–Crippen LogP) is 3.77. The van der Waals surface area contributed by atoms with Crippen molar-refractivity contribution < 1.29 is 34.8 Å². The van der Waals surface area contributed by atoms with Gasteiger partial charge in [-0.15, -0.1) is 10.2 Å². The number of halogens is 6. The predicted molar refractivity (Wildman–Crippen MR) is 95.2 cm³/mol. The van der Waals surface area contributed by atoms with E-state index in [0.29, 0.717) is 12.3 Å². The van der Waals surface area contributed by atoms with E-state index >= 15 is 0 Å². The Kier molecular flexibility index (Phi) is 5.54. The van der Waals surface area contributed by atoms with Crippen LogP contribution in [0, 0.1) is 0 Å². The van der Waals surface area contributed by atoms with Crippen molar-refractivity contribution in [3.05, 3.63) is 41.7 Å². The zero-order valence-electron chi connectivity index (χ0n) is 15.8. The maximum absolute atomic E-state index is 13.1. The second kappa shape index (κ2) is 7.59. The van der Waals surface area contributed by atoms with Gasteiger partial charge in [0, 0.05) is 19.4 Å². The van der Waals surface area contributed by atoms with E-state index < -0.39 is 49.7 Å². The van der Waals surface area contributed by atoms with Gasteiger partial charge in [0.2, 0.25) is 0 Å². The second-order valence-corrected chi connectivity index (χ2v) is 8.55. The number of hydrogen-bond donors (Lipinski definition) is 0. The molecule has 7 nitrogen and oxygen atoms in total. The molecule has 0 fully saturated rings. The molecule has 0 bridgehead atoms. The van der Waals surface area contributed by atoms with Gasteiger partial charge in [-0.1, -0.05) is 6.92 Å². The number of hydrogen-bond acceptors (Lipinski definition) is 6. The summed E-state index contributed by atoms with van der Waals surface area (Å²) in [5, 5.41) is 7.47. The first-order chi connectivity index (χ1) is 14.3. The van der Waals surface area contributed by atoms with Gasteiger partial charge in [-0.25, -0.2) is 8.42 Å². The molecule has 0 saturated heterocycles. The highest BCUT2D eigenvalue weighted by molar-refractivity contribution is 7.91. The first kappa shape index (κ1) is 22.7. The number of pyridine rings is 2. The van der Waals surface area contributed by atoms with Crippen LogP contribution < -0.4 is 0 Å². The fourth-order valence-electron chi connectivity index (χ4n) is 2.65. The standard InChI is InChI=1S/C17H13F6N5O2S/c1-3-31(29,30)12-7-10(17(21,22)23)8-25-13(12)15-27-26-14(28(15)2)11-6-9(4-5-24-11)16(18,19)20/h4-8H,3H2,1-2H3. The third-order valence-corrected chi connectivity index (χ3v) is 6.04. The summed E-state index contributed by atoms with van der Waals surface area (Å²) in [7, 11) is -2.87. The van der Waals surface area contributed by atoms with Crippen molar-refractivity contribution in [3.63, 3.8) is 0 Å². The van der Waals surface area contributed by atoms with Gasteiger partial charge >= 0.3 is 12.4 Å². The lowest BCUT2D eigenvalue weighted by molar-refractivity contribution is -0.138. The molecule has 3 aromatic heterocycles. The van der Waals surface area contributed by atoms with Crippen molar-refractivity contribution >= 4 is 9.84 Å².